The number of amides is 1. The van der Waals surface area contributed by atoms with Gasteiger partial charge in [0.25, 0.3) is 0 Å². The molecule has 1 fully saturated rings. The molecule has 0 spiro atoms. The zero-order valence-corrected chi connectivity index (χ0v) is 12.8. The molecule has 5 nitrogen and oxygen atoms in total. The molecule has 1 aliphatic heterocycles. The van der Waals surface area contributed by atoms with Gasteiger partial charge in [-0.3, -0.25) is 0 Å². The molecule has 2 aromatic heterocycles. The minimum absolute atomic E-state index is 0.157. The maximum Gasteiger partial charge on any atom is 0.407 e. The van der Waals surface area contributed by atoms with E-state index in [4.69, 9.17) is 4.74 Å². The van der Waals surface area contributed by atoms with E-state index in [1.165, 1.54) is 0 Å². The minimum atomic E-state index is -0.368. The van der Waals surface area contributed by atoms with Crippen LogP contribution in [0.3, 0.4) is 0 Å². The van der Waals surface area contributed by atoms with E-state index in [9.17, 15) is 4.79 Å². The number of H-pyrrole nitrogens is 2. The van der Waals surface area contributed by atoms with Crippen molar-refractivity contribution in [3.8, 4) is 11.4 Å². The van der Waals surface area contributed by atoms with Crippen LogP contribution >= 0.6 is 0 Å². The van der Waals surface area contributed by atoms with Crippen molar-refractivity contribution in [3.63, 3.8) is 0 Å². The summed E-state index contributed by atoms with van der Waals surface area (Å²) >= 11 is 0. The molecule has 4 aromatic rings. The van der Waals surface area contributed by atoms with E-state index in [0.717, 1.165) is 38.8 Å². The lowest BCUT2D eigenvalue weighted by molar-refractivity contribution is 0.177. The summed E-state index contributed by atoms with van der Waals surface area (Å²) in [4.78, 5) is 18.5. The number of alkyl carbamates (subject to hydrolysis) is 1. The highest BCUT2D eigenvalue weighted by Crippen LogP contribution is 2.36. The molecule has 0 aliphatic carbocycles. The first-order valence-corrected chi connectivity index (χ1v) is 7.91. The van der Waals surface area contributed by atoms with Crippen LogP contribution in [-0.4, -0.2) is 22.7 Å². The van der Waals surface area contributed by atoms with Gasteiger partial charge in [0, 0.05) is 27.4 Å². The summed E-state index contributed by atoms with van der Waals surface area (Å²) in [6, 6.07) is 18.3. The van der Waals surface area contributed by atoms with Gasteiger partial charge in [0.2, 0.25) is 0 Å². The minimum Gasteiger partial charge on any atom is -0.447 e. The van der Waals surface area contributed by atoms with Gasteiger partial charge in [-0.25, -0.2) is 4.79 Å². The summed E-state index contributed by atoms with van der Waals surface area (Å²) in [5, 5.41) is 5.15. The number of aromatic nitrogens is 2. The number of para-hydroxylation sites is 2. The zero-order chi connectivity index (χ0) is 16.1. The van der Waals surface area contributed by atoms with Gasteiger partial charge in [0.1, 0.15) is 6.61 Å². The van der Waals surface area contributed by atoms with Gasteiger partial charge >= 0.3 is 6.09 Å². The summed E-state index contributed by atoms with van der Waals surface area (Å²) in [6.45, 7) is 0.341. The summed E-state index contributed by atoms with van der Waals surface area (Å²) in [7, 11) is 0. The normalized spacial score (nSPS) is 17.3. The molecule has 1 saturated heterocycles. The molecule has 1 atom stereocenters. The van der Waals surface area contributed by atoms with Crippen molar-refractivity contribution in [2.24, 2.45) is 0 Å². The molecule has 2 aromatic carbocycles. The Hall–Kier alpha value is -3.21. The van der Waals surface area contributed by atoms with Gasteiger partial charge in [-0.1, -0.05) is 36.4 Å². The Bertz CT molecular complexity index is 1040. The Morgan fingerprint density at radius 3 is 2.54 bits per heavy atom. The molecule has 3 N–H and O–H groups in total. The Morgan fingerprint density at radius 1 is 0.958 bits per heavy atom. The molecular weight excluding hydrogens is 302 g/mol. The van der Waals surface area contributed by atoms with Crippen LogP contribution in [0, 0.1) is 0 Å². The third kappa shape index (κ3) is 1.91. The number of ether oxygens (including phenoxy) is 1. The van der Waals surface area contributed by atoms with Gasteiger partial charge in [-0.2, -0.15) is 0 Å². The van der Waals surface area contributed by atoms with Gasteiger partial charge in [0.15, 0.2) is 0 Å². The van der Waals surface area contributed by atoms with Gasteiger partial charge in [0.05, 0.1) is 17.4 Å². The molecular formula is C19H15N3O2. The lowest BCUT2D eigenvalue weighted by Crippen LogP contribution is -2.18. The number of rotatable bonds is 2. The lowest BCUT2D eigenvalue weighted by atomic mass is 10.0. The zero-order valence-electron chi connectivity index (χ0n) is 12.8. The first kappa shape index (κ1) is 13.2. The highest BCUT2D eigenvalue weighted by molar-refractivity contribution is 5.94. The van der Waals surface area contributed by atoms with Crippen LogP contribution in [-0.2, 0) is 4.74 Å². The molecule has 0 radical (unpaired) electrons. The second-order valence-electron chi connectivity index (χ2n) is 6.02. The third-order valence-electron chi connectivity index (χ3n) is 4.57. The largest absolute Gasteiger partial charge is 0.447 e. The van der Waals surface area contributed by atoms with Crippen molar-refractivity contribution >= 4 is 27.9 Å². The van der Waals surface area contributed by atoms with E-state index in [2.05, 4.69) is 39.6 Å². The molecule has 1 unspecified atom stereocenters. The van der Waals surface area contributed by atoms with Gasteiger partial charge < -0.3 is 20.0 Å². The molecule has 1 aliphatic rings. The summed E-state index contributed by atoms with van der Waals surface area (Å²) in [5.74, 6) is 0. The number of carbonyl (C=O) groups excluding carboxylic acids is 1. The highest BCUT2D eigenvalue weighted by atomic mass is 16.6. The topological polar surface area (TPSA) is 69.9 Å². The van der Waals surface area contributed by atoms with Crippen molar-refractivity contribution in [3.05, 3.63) is 60.2 Å². The van der Waals surface area contributed by atoms with E-state index in [1.54, 1.807) is 0 Å². The Labute approximate surface area is 137 Å². The van der Waals surface area contributed by atoms with Crippen LogP contribution in [0.5, 0.6) is 0 Å². The molecule has 3 heterocycles. The van der Waals surface area contributed by atoms with Crippen molar-refractivity contribution in [1.29, 1.82) is 0 Å². The second kappa shape index (κ2) is 4.89. The Kier molecular flexibility index (Phi) is 2.70. The SMILES string of the molecule is O=C1NC(c2c(-c3cc4ccccc4[nH]3)[nH]c3ccccc23)CO1. The van der Waals surface area contributed by atoms with E-state index in [1.807, 2.05) is 30.3 Å². The van der Waals surface area contributed by atoms with E-state index in [0.29, 0.717) is 6.61 Å². The number of hydrogen-bond donors (Lipinski definition) is 3. The van der Waals surface area contributed by atoms with Crippen molar-refractivity contribution in [2.75, 3.05) is 6.61 Å². The van der Waals surface area contributed by atoms with Crippen LogP contribution in [0.25, 0.3) is 33.2 Å². The predicted octanol–water partition coefficient (Wildman–Crippen LogP) is 4.10. The molecule has 24 heavy (non-hydrogen) atoms. The monoisotopic (exact) mass is 317 g/mol. The number of aromatic amines is 2. The quantitative estimate of drug-likeness (QED) is 0.521. The molecule has 118 valence electrons. The van der Waals surface area contributed by atoms with Crippen LogP contribution in [0.15, 0.2) is 54.6 Å². The maximum atomic E-state index is 11.5. The van der Waals surface area contributed by atoms with Crippen LogP contribution in [0.2, 0.25) is 0 Å². The Balaban J connectivity index is 1.76. The smallest absolute Gasteiger partial charge is 0.407 e. The lowest BCUT2D eigenvalue weighted by Gasteiger charge is -2.09. The van der Waals surface area contributed by atoms with Gasteiger partial charge in [-0.15, -0.1) is 0 Å². The average molecular weight is 317 g/mol. The highest BCUT2D eigenvalue weighted by Gasteiger charge is 2.29. The molecule has 5 rings (SSSR count). The molecule has 1 amide bonds. The molecule has 0 saturated carbocycles. The van der Waals surface area contributed by atoms with E-state index in [-0.39, 0.29) is 12.1 Å². The first-order valence-electron chi connectivity index (χ1n) is 7.91. The van der Waals surface area contributed by atoms with Crippen molar-refractivity contribution in [1.82, 2.24) is 15.3 Å². The molecule has 5 heteroatoms. The fourth-order valence-electron chi connectivity index (χ4n) is 3.49. The second-order valence-corrected chi connectivity index (χ2v) is 6.02. The van der Waals surface area contributed by atoms with Crippen LogP contribution in [0.1, 0.15) is 11.6 Å². The van der Waals surface area contributed by atoms with Gasteiger partial charge in [-0.05, 0) is 18.2 Å². The third-order valence-corrected chi connectivity index (χ3v) is 4.57. The number of hydrogen-bond acceptors (Lipinski definition) is 2. The van der Waals surface area contributed by atoms with Crippen molar-refractivity contribution < 1.29 is 9.53 Å². The van der Waals surface area contributed by atoms with Crippen molar-refractivity contribution in [2.45, 2.75) is 6.04 Å². The number of fused-ring (bicyclic) bond motifs is 2. The summed E-state index contributed by atoms with van der Waals surface area (Å²) < 4.78 is 5.11. The maximum absolute atomic E-state index is 11.5. The number of nitrogens with one attached hydrogen (secondary N) is 3. The number of benzene rings is 2. The summed E-state index contributed by atoms with van der Waals surface area (Å²) in [6.07, 6.45) is -0.368. The average Bonchev–Trinajstić information content (AvgIpc) is 3.29. The fraction of sp³-hybridized carbons (Fsp3) is 0.105. The van der Waals surface area contributed by atoms with Crippen LogP contribution < -0.4 is 5.32 Å². The first-order chi connectivity index (χ1) is 11.8. The Morgan fingerprint density at radius 2 is 1.75 bits per heavy atom. The fourth-order valence-corrected chi connectivity index (χ4v) is 3.49. The number of cyclic esters (lactones) is 1. The van der Waals surface area contributed by atoms with Crippen LogP contribution in [0.4, 0.5) is 4.79 Å². The predicted molar refractivity (Wildman–Crippen MR) is 92.8 cm³/mol. The molecule has 0 bridgehead atoms. The van der Waals surface area contributed by atoms with E-state index < -0.39 is 0 Å². The van der Waals surface area contributed by atoms with E-state index >= 15 is 0 Å². The standard InChI is InChI=1S/C19H15N3O2/c23-19-22-16(10-24-19)17-12-6-2-4-8-14(12)21-18(17)15-9-11-5-1-3-7-13(11)20-15/h1-9,16,20-21H,10H2,(H,22,23). The summed E-state index contributed by atoms with van der Waals surface area (Å²) in [5.41, 5.74) is 5.18. The number of carbonyl (C=O) groups is 1.